The predicted molar refractivity (Wildman–Crippen MR) is 63.9 cm³/mol. The van der Waals surface area contributed by atoms with Crippen molar-refractivity contribution in [1.29, 1.82) is 0 Å². The van der Waals surface area contributed by atoms with Crippen LogP contribution in [0.15, 0.2) is 12.1 Å². The molecule has 0 fully saturated rings. The van der Waals surface area contributed by atoms with Gasteiger partial charge in [0.15, 0.2) is 0 Å². The number of carbonyl (C=O) groups is 1. The van der Waals surface area contributed by atoms with E-state index >= 15 is 0 Å². The maximum Gasteiger partial charge on any atom is 0.342 e. The van der Waals surface area contributed by atoms with Crippen LogP contribution in [0.3, 0.4) is 0 Å². The molecule has 1 aromatic rings. The Labute approximate surface area is 109 Å². The van der Waals surface area contributed by atoms with Crippen LogP contribution in [0, 0.1) is 6.92 Å². The van der Waals surface area contributed by atoms with Crippen LogP contribution in [0.5, 0.6) is 11.5 Å². The largest absolute Gasteiger partial charge is 0.508 e. The number of ether oxygens (including phenoxy) is 1. The number of hydrogen-bond acceptors (Lipinski definition) is 7. The molecule has 0 aliphatic carbocycles. The van der Waals surface area contributed by atoms with Crippen LogP contribution in [0.4, 0.5) is 0 Å². The average molecular weight is 272 g/mol. The first kappa shape index (κ1) is 15.2. The molecule has 2 unspecified atom stereocenters. The van der Waals surface area contributed by atoms with Crippen molar-refractivity contribution >= 4 is 5.97 Å². The Morgan fingerprint density at radius 2 is 1.89 bits per heavy atom. The highest BCUT2D eigenvalue weighted by Crippen LogP contribution is 2.27. The molecule has 106 valence electrons. The van der Waals surface area contributed by atoms with Gasteiger partial charge in [0.05, 0.1) is 6.61 Å². The van der Waals surface area contributed by atoms with E-state index in [9.17, 15) is 20.1 Å². The Bertz CT molecular complexity index is 434. The Kier molecular flexibility index (Phi) is 5.11. The predicted octanol–water partition coefficient (Wildman–Crippen LogP) is -0.723. The number of esters is 1. The van der Waals surface area contributed by atoms with E-state index in [-0.39, 0.29) is 11.3 Å². The fourth-order valence-electron chi connectivity index (χ4n) is 1.48. The lowest BCUT2D eigenvalue weighted by molar-refractivity contribution is -0.0468. The highest BCUT2D eigenvalue weighted by molar-refractivity contribution is 5.94. The molecule has 0 saturated heterocycles. The standard InChI is InChI=1S/C12H16O7/c1-6-2-7(14)3-8(15)11(6)12(18)19-5-10(17)9(16)4-13/h2-3,9-10,13-17H,4-5H2,1H3. The van der Waals surface area contributed by atoms with E-state index in [4.69, 9.17) is 14.9 Å². The molecule has 5 N–H and O–H groups in total. The van der Waals surface area contributed by atoms with Gasteiger partial charge in [-0.3, -0.25) is 0 Å². The zero-order chi connectivity index (χ0) is 14.6. The molecule has 7 heteroatoms. The molecule has 0 aliphatic heterocycles. The molecule has 19 heavy (non-hydrogen) atoms. The number of benzene rings is 1. The van der Waals surface area contributed by atoms with Crippen LogP contribution in [0.1, 0.15) is 15.9 Å². The van der Waals surface area contributed by atoms with Gasteiger partial charge >= 0.3 is 5.97 Å². The molecule has 0 saturated carbocycles. The van der Waals surface area contributed by atoms with Crippen molar-refractivity contribution in [3.8, 4) is 11.5 Å². The molecule has 1 aromatic carbocycles. The number of hydrogen-bond donors (Lipinski definition) is 5. The van der Waals surface area contributed by atoms with Gasteiger partial charge in [-0.25, -0.2) is 4.79 Å². The number of aromatic hydroxyl groups is 2. The summed E-state index contributed by atoms with van der Waals surface area (Å²) in [6.07, 6.45) is -2.84. The minimum atomic E-state index is -1.42. The quantitative estimate of drug-likeness (QED) is 0.447. The number of phenolic OH excluding ortho intramolecular Hbond substituents is 2. The van der Waals surface area contributed by atoms with Crippen LogP contribution >= 0.6 is 0 Å². The van der Waals surface area contributed by atoms with Gasteiger partial charge in [0.2, 0.25) is 0 Å². The van der Waals surface area contributed by atoms with Gasteiger partial charge in [-0.05, 0) is 18.6 Å². The van der Waals surface area contributed by atoms with E-state index in [0.29, 0.717) is 5.56 Å². The first-order valence-corrected chi connectivity index (χ1v) is 5.53. The summed E-state index contributed by atoms with van der Waals surface area (Å²) in [4.78, 5) is 11.7. The molecule has 0 bridgehead atoms. The summed E-state index contributed by atoms with van der Waals surface area (Å²) in [5.41, 5.74) is 0.170. The second-order valence-electron chi connectivity index (χ2n) is 4.07. The molecule has 1 rings (SSSR count). The lowest BCUT2D eigenvalue weighted by Gasteiger charge is -2.16. The number of carbonyl (C=O) groups excluding carboxylic acids is 1. The van der Waals surface area contributed by atoms with E-state index < -0.39 is 37.1 Å². The first-order valence-electron chi connectivity index (χ1n) is 5.53. The Morgan fingerprint density at radius 3 is 2.42 bits per heavy atom. The second-order valence-corrected chi connectivity index (χ2v) is 4.07. The molecule has 2 atom stereocenters. The number of aliphatic hydroxyl groups excluding tert-OH is 3. The molecular weight excluding hydrogens is 256 g/mol. The van der Waals surface area contributed by atoms with Crippen molar-refractivity contribution in [3.05, 3.63) is 23.3 Å². The summed E-state index contributed by atoms with van der Waals surface area (Å²) in [5.74, 6) is -1.54. The van der Waals surface area contributed by atoms with E-state index in [1.807, 2.05) is 0 Å². The maximum atomic E-state index is 11.7. The van der Waals surface area contributed by atoms with Crippen LogP contribution in [-0.2, 0) is 4.74 Å². The van der Waals surface area contributed by atoms with Crippen LogP contribution in [0.2, 0.25) is 0 Å². The van der Waals surface area contributed by atoms with Crippen LogP contribution in [0.25, 0.3) is 0 Å². The van der Waals surface area contributed by atoms with E-state index in [0.717, 1.165) is 6.07 Å². The molecule has 0 aliphatic rings. The fraction of sp³-hybridized carbons (Fsp3) is 0.417. The molecule has 0 aromatic heterocycles. The summed E-state index contributed by atoms with van der Waals surface area (Å²) in [6, 6.07) is 2.26. The second kappa shape index (κ2) is 6.37. The lowest BCUT2D eigenvalue weighted by Crippen LogP contribution is -2.34. The SMILES string of the molecule is Cc1cc(O)cc(O)c1C(=O)OCC(O)C(O)CO. The van der Waals surface area contributed by atoms with Gasteiger partial charge in [-0.2, -0.15) is 0 Å². The summed E-state index contributed by atoms with van der Waals surface area (Å²) in [5, 5.41) is 45.7. The number of phenols is 2. The Balaban J connectivity index is 2.74. The number of aliphatic hydroxyl groups is 3. The highest BCUT2D eigenvalue weighted by atomic mass is 16.5. The molecule has 7 nitrogen and oxygen atoms in total. The van der Waals surface area contributed by atoms with E-state index in [2.05, 4.69) is 0 Å². The third-order valence-corrected chi connectivity index (χ3v) is 2.52. The normalized spacial score (nSPS) is 13.9. The van der Waals surface area contributed by atoms with Crippen molar-refractivity contribution in [2.75, 3.05) is 13.2 Å². The molecule has 0 spiro atoms. The summed E-state index contributed by atoms with van der Waals surface area (Å²) >= 11 is 0. The third kappa shape index (κ3) is 3.82. The van der Waals surface area contributed by atoms with Gasteiger partial charge in [0.25, 0.3) is 0 Å². The van der Waals surface area contributed by atoms with Crippen LogP contribution < -0.4 is 0 Å². The molecule has 0 amide bonds. The van der Waals surface area contributed by atoms with Crippen molar-refractivity contribution < 1.29 is 35.1 Å². The summed E-state index contributed by atoms with van der Waals surface area (Å²) in [6.45, 7) is 0.303. The van der Waals surface area contributed by atoms with Gasteiger partial charge < -0.3 is 30.3 Å². The monoisotopic (exact) mass is 272 g/mol. The topological polar surface area (TPSA) is 127 Å². The van der Waals surface area contributed by atoms with E-state index in [1.54, 1.807) is 0 Å². The van der Waals surface area contributed by atoms with Gasteiger partial charge in [0, 0.05) is 6.07 Å². The smallest absolute Gasteiger partial charge is 0.342 e. The van der Waals surface area contributed by atoms with Gasteiger partial charge in [-0.1, -0.05) is 0 Å². The lowest BCUT2D eigenvalue weighted by atomic mass is 10.1. The van der Waals surface area contributed by atoms with Crippen molar-refractivity contribution in [2.24, 2.45) is 0 Å². The van der Waals surface area contributed by atoms with Gasteiger partial charge in [-0.15, -0.1) is 0 Å². The number of rotatable bonds is 5. The Morgan fingerprint density at radius 1 is 1.26 bits per heavy atom. The fourth-order valence-corrected chi connectivity index (χ4v) is 1.48. The molecule has 0 heterocycles. The minimum Gasteiger partial charge on any atom is -0.508 e. The number of aryl methyl sites for hydroxylation is 1. The molecule has 0 radical (unpaired) electrons. The Hall–Kier alpha value is -1.83. The average Bonchev–Trinajstić information content (AvgIpc) is 2.33. The zero-order valence-electron chi connectivity index (χ0n) is 10.3. The maximum absolute atomic E-state index is 11.7. The minimum absolute atomic E-state index is 0.136. The first-order chi connectivity index (χ1) is 8.86. The summed E-state index contributed by atoms with van der Waals surface area (Å²) in [7, 11) is 0. The van der Waals surface area contributed by atoms with Crippen molar-refractivity contribution in [2.45, 2.75) is 19.1 Å². The molecular formula is C12H16O7. The van der Waals surface area contributed by atoms with Gasteiger partial charge in [0.1, 0.15) is 35.9 Å². The van der Waals surface area contributed by atoms with Crippen LogP contribution in [-0.4, -0.2) is 56.9 Å². The summed E-state index contributed by atoms with van der Waals surface area (Å²) < 4.78 is 4.71. The van der Waals surface area contributed by atoms with E-state index in [1.165, 1.54) is 13.0 Å². The zero-order valence-corrected chi connectivity index (χ0v) is 10.3. The third-order valence-electron chi connectivity index (χ3n) is 2.52. The highest BCUT2D eigenvalue weighted by Gasteiger charge is 2.21. The van der Waals surface area contributed by atoms with Crippen molar-refractivity contribution in [1.82, 2.24) is 0 Å². The van der Waals surface area contributed by atoms with Crippen molar-refractivity contribution in [3.63, 3.8) is 0 Å².